The Morgan fingerprint density at radius 3 is 2.09 bits per heavy atom. The summed E-state index contributed by atoms with van der Waals surface area (Å²) in [7, 11) is 0. The highest BCUT2D eigenvalue weighted by molar-refractivity contribution is 5.28. The van der Waals surface area contributed by atoms with Crippen molar-refractivity contribution >= 4 is 0 Å². The van der Waals surface area contributed by atoms with Gasteiger partial charge in [0.15, 0.2) is 0 Å². The molecule has 23 heavy (non-hydrogen) atoms. The van der Waals surface area contributed by atoms with Crippen molar-refractivity contribution in [2.45, 2.75) is 45.5 Å². The molecule has 3 nitrogen and oxygen atoms in total. The molecule has 3 heteroatoms. The van der Waals surface area contributed by atoms with Crippen LogP contribution in [-0.4, -0.2) is 22.4 Å². The number of aliphatic hydroxyl groups excluding tert-OH is 2. The minimum atomic E-state index is -0.728. The van der Waals surface area contributed by atoms with Crippen LogP contribution in [0.2, 0.25) is 0 Å². The van der Waals surface area contributed by atoms with Crippen LogP contribution in [0.1, 0.15) is 31.4 Å². The first-order chi connectivity index (χ1) is 11.0. The van der Waals surface area contributed by atoms with E-state index in [9.17, 15) is 10.2 Å². The summed E-state index contributed by atoms with van der Waals surface area (Å²) in [6.07, 6.45) is -0.343. The van der Waals surface area contributed by atoms with Crippen molar-refractivity contribution in [3.63, 3.8) is 0 Å². The number of ether oxygens (including phenoxy) is 1. The monoisotopic (exact) mass is 314 g/mol. The molecule has 124 valence electrons. The van der Waals surface area contributed by atoms with E-state index in [2.05, 4.69) is 0 Å². The lowest BCUT2D eigenvalue weighted by atomic mass is 9.97. The highest BCUT2D eigenvalue weighted by Crippen LogP contribution is 2.17. The maximum absolute atomic E-state index is 10.1. The lowest BCUT2D eigenvalue weighted by Crippen LogP contribution is -2.29. The summed E-state index contributed by atoms with van der Waals surface area (Å²) >= 11 is 0. The van der Waals surface area contributed by atoms with Crippen LogP contribution < -0.4 is 4.74 Å². The summed E-state index contributed by atoms with van der Waals surface area (Å²) < 4.78 is 5.74. The van der Waals surface area contributed by atoms with Gasteiger partial charge in [0.2, 0.25) is 0 Å². The largest absolute Gasteiger partial charge is 0.489 e. The molecular formula is C20H26O3. The maximum atomic E-state index is 10.1. The first-order valence-corrected chi connectivity index (χ1v) is 8.16. The molecule has 0 bridgehead atoms. The molecule has 0 unspecified atom stereocenters. The Bertz CT molecular complexity index is 563. The summed E-state index contributed by atoms with van der Waals surface area (Å²) in [6, 6.07) is 17.7. The van der Waals surface area contributed by atoms with Crippen LogP contribution in [0.3, 0.4) is 0 Å². The van der Waals surface area contributed by atoms with E-state index in [4.69, 9.17) is 4.74 Å². The number of hydrogen-bond donors (Lipinski definition) is 2. The van der Waals surface area contributed by atoms with Crippen molar-refractivity contribution in [1.82, 2.24) is 0 Å². The zero-order chi connectivity index (χ0) is 16.7. The maximum Gasteiger partial charge on any atom is 0.119 e. The molecule has 2 rings (SSSR count). The quantitative estimate of drug-likeness (QED) is 0.783. The molecule has 2 aromatic rings. The zero-order valence-corrected chi connectivity index (χ0v) is 13.9. The summed E-state index contributed by atoms with van der Waals surface area (Å²) in [5, 5.41) is 20.0. The second-order valence-electron chi connectivity index (χ2n) is 6.39. The Hall–Kier alpha value is -1.84. The van der Waals surface area contributed by atoms with Gasteiger partial charge in [-0.05, 0) is 35.6 Å². The Morgan fingerprint density at radius 1 is 0.826 bits per heavy atom. The fourth-order valence-electron chi connectivity index (χ4n) is 2.48. The van der Waals surface area contributed by atoms with Gasteiger partial charge in [0.1, 0.15) is 12.4 Å². The van der Waals surface area contributed by atoms with Crippen LogP contribution in [0.5, 0.6) is 5.75 Å². The van der Waals surface area contributed by atoms with Crippen molar-refractivity contribution in [1.29, 1.82) is 0 Å². The number of hydrogen-bond acceptors (Lipinski definition) is 3. The van der Waals surface area contributed by atoms with E-state index in [1.165, 1.54) is 0 Å². The summed E-state index contributed by atoms with van der Waals surface area (Å²) in [5.41, 5.74) is 2.12. The fourth-order valence-corrected chi connectivity index (χ4v) is 2.48. The molecule has 2 atom stereocenters. The van der Waals surface area contributed by atoms with E-state index in [0.717, 1.165) is 16.9 Å². The second kappa shape index (κ2) is 8.70. The highest BCUT2D eigenvalue weighted by Gasteiger charge is 2.17. The van der Waals surface area contributed by atoms with Crippen LogP contribution in [0.15, 0.2) is 54.6 Å². The molecular weight excluding hydrogens is 288 g/mol. The normalized spacial score (nSPS) is 13.8. The first kappa shape index (κ1) is 17.5. The van der Waals surface area contributed by atoms with Crippen LogP contribution in [0.4, 0.5) is 0 Å². The Morgan fingerprint density at radius 2 is 1.48 bits per heavy atom. The van der Waals surface area contributed by atoms with Crippen molar-refractivity contribution in [2.24, 2.45) is 5.92 Å². The summed E-state index contributed by atoms with van der Waals surface area (Å²) in [6.45, 7) is 4.61. The lowest BCUT2D eigenvalue weighted by molar-refractivity contribution is 0.00815. The van der Waals surface area contributed by atoms with Gasteiger partial charge in [0.25, 0.3) is 0 Å². The van der Waals surface area contributed by atoms with Crippen LogP contribution in [0.25, 0.3) is 0 Å². The first-order valence-electron chi connectivity index (χ1n) is 8.16. The standard InChI is InChI=1S/C20H26O3/c1-15(2)12-19(21)20(22)13-16-8-10-18(11-9-16)23-14-17-6-4-3-5-7-17/h3-11,15,19-22H,12-14H2,1-2H3/t19-,20+/m0/s1. The minimum Gasteiger partial charge on any atom is -0.489 e. The molecule has 0 aliphatic heterocycles. The smallest absolute Gasteiger partial charge is 0.119 e. The molecule has 0 saturated carbocycles. The Labute approximate surface area is 138 Å². The molecule has 2 aromatic carbocycles. The molecule has 0 amide bonds. The van der Waals surface area contributed by atoms with Crippen molar-refractivity contribution in [2.75, 3.05) is 0 Å². The van der Waals surface area contributed by atoms with Gasteiger partial charge in [-0.1, -0.05) is 56.3 Å². The highest BCUT2D eigenvalue weighted by atomic mass is 16.5. The molecule has 0 heterocycles. The molecule has 2 N–H and O–H groups in total. The van der Waals surface area contributed by atoms with E-state index in [1.54, 1.807) is 0 Å². The van der Waals surface area contributed by atoms with Gasteiger partial charge in [-0.15, -0.1) is 0 Å². The predicted molar refractivity (Wildman–Crippen MR) is 92.4 cm³/mol. The molecule has 0 fully saturated rings. The average Bonchev–Trinajstić information content (AvgIpc) is 2.54. The van der Waals surface area contributed by atoms with Crippen molar-refractivity contribution in [3.8, 4) is 5.75 Å². The molecule has 0 radical (unpaired) electrons. The van der Waals surface area contributed by atoms with Gasteiger partial charge in [0, 0.05) is 6.42 Å². The van der Waals surface area contributed by atoms with Crippen LogP contribution >= 0.6 is 0 Å². The minimum absolute atomic E-state index is 0.369. The van der Waals surface area contributed by atoms with E-state index in [1.807, 2.05) is 68.4 Å². The second-order valence-corrected chi connectivity index (χ2v) is 6.39. The lowest BCUT2D eigenvalue weighted by Gasteiger charge is -2.19. The number of aliphatic hydroxyl groups is 2. The van der Waals surface area contributed by atoms with Crippen LogP contribution in [-0.2, 0) is 13.0 Å². The summed E-state index contributed by atoms with van der Waals surface area (Å²) in [5.74, 6) is 1.17. The zero-order valence-electron chi connectivity index (χ0n) is 13.9. The Kier molecular flexibility index (Phi) is 6.63. The SMILES string of the molecule is CC(C)C[C@H](O)[C@H](O)Cc1ccc(OCc2ccccc2)cc1. The summed E-state index contributed by atoms with van der Waals surface area (Å²) in [4.78, 5) is 0. The number of benzene rings is 2. The van der Waals surface area contributed by atoms with Crippen LogP contribution in [0, 0.1) is 5.92 Å². The van der Waals surface area contributed by atoms with E-state index in [0.29, 0.717) is 25.4 Å². The van der Waals surface area contributed by atoms with E-state index >= 15 is 0 Å². The molecule has 0 aliphatic rings. The third kappa shape index (κ3) is 6.05. The van der Waals surface area contributed by atoms with Crippen molar-refractivity contribution < 1.29 is 14.9 Å². The van der Waals surface area contributed by atoms with Crippen molar-refractivity contribution in [3.05, 3.63) is 65.7 Å². The van der Waals surface area contributed by atoms with Gasteiger partial charge in [-0.25, -0.2) is 0 Å². The Balaban J connectivity index is 1.84. The number of rotatable bonds is 8. The third-order valence-corrected chi connectivity index (χ3v) is 3.77. The van der Waals surface area contributed by atoms with Gasteiger partial charge >= 0.3 is 0 Å². The predicted octanol–water partition coefficient (Wildman–Crippen LogP) is 3.58. The average molecular weight is 314 g/mol. The topological polar surface area (TPSA) is 49.7 Å². The van der Waals surface area contributed by atoms with Gasteiger partial charge < -0.3 is 14.9 Å². The third-order valence-electron chi connectivity index (χ3n) is 3.77. The molecule has 0 spiro atoms. The van der Waals surface area contributed by atoms with Gasteiger partial charge in [-0.2, -0.15) is 0 Å². The van der Waals surface area contributed by atoms with E-state index in [-0.39, 0.29) is 0 Å². The fraction of sp³-hybridized carbons (Fsp3) is 0.400. The van der Waals surface area contributed by atoms with Gasteiger partial charge in [-0.3, -0.25) is 0 Å². The van der Waals surface area contributed by atoms with E-state index < -0.39 is 12.2 Å². The van der Waals surface area contributed by atoms with Gasteiger partial charge in [0.05, 0.1) is 12.2 Å². The molecule has 0 aromatic heterocycles. The molecule has 0 saturated heterocycles. The molecule has 0 aliphatic carbocycles.